The minimum Gasteiger partial charge on any atom is -0.495 e. The van der Waals surface area contributed by atoms with Crippen LogP contribution < -0.4 is 21.0 Å². The zero-order chi connectivity index (χ0) is 22.0. The minimum absolute atomic E-state index is 0.0788. The molecule has 0 saturated heterocycles. The van der Waals surface area contributed by atoms with Gasteiger partial charge in [0.25, 0.3) is 5.56 Å². The summed E-state index contributed by atoms with van der Waals surface area (Å²) >= 11 is 4.02. The standard InChI is InChI=1S/C19H18N6O3S3/c1-10-11(2)30-16-15(10)17(27)25(9-20-16)24-14(26)8-29-19-23-22-18(31-19)21-12-6-4-5-7-13(12)28-3/h4-7,9H,8H2,1-3H3,(H,21,22)(H,24,26). The second kappa shape index (κ2) is 9.04. The molecule has 0 saturated carbocycles. The fourth-order valence-electron chi connectivity index (χ4n) is 2.79. The van der Waals surface area contributed by atoms with Crippen LogP contribution in [0.25, 0.3) is 10.2 Å². The molecule has 0 aliphatic carbocycles. The number of aromatic nitrogens is 4. The maximum absolute atomic E-state index is 12.7. The van der Waals surface area contributed by atoms with E-state index in [4.69, 9.17) is 4.74 Å². The van der Waals surface area contributed by atoms with Crippen molar-refractivity contribution in [1.82, 2.24) is 19.9 Å². The second-order valence-corrected chi connectivity index (χ2v) is 9.81. The Morgan fingerprint density at radius 2 is 2.03 bits per heavy atom. The van der Waals surface area contributed by atoms with E-state index in [0.29, 0.717) is 25.4 Å². The number of benzene rings is 1. The lowest BCUT2D eigenvalue weighted by Gasteiger charge is -2.07. The van der Waals surface area contributed by atoms with Crippen molar-refractivity contribution in [3.8, 4) is 5.75 Å². The molecule has 4 aromatic rings. The lowest BCUT2D eigenvalue weighted by Crippen LogP contribution is -2.34. The lowest BCUT2D eigenvalue weighted by atomic mass is 10.2. The minimum atomic E-state index is -0.340. The van der Waals surface area contributed by atoms with Gasteiger partial charge >= 0.3 is 0 Å². The molecule has 31 heavy (non-hydrogen) atoms. The number of aryl methyl sites for hydroxylation is 2. The summed E-state index contributed by atoms with van der Waals surface area (Å²) in [5, 5.41) is 12.5. The van der Waals surface area contributed by atoms with Crippen molar-refractivity contribution in [3.63, 3.8) is 0 Å². The van der Waals surface area contributed by atoms with Crippen LogP contribution in [-0.2, 0) is 4.79 Å². The Bertz CT molecular complexity index is 1310. The number of hydrogen-bond donors (Lipinski definition) is 2. The summed E-state index contributed by atoms with van der Waals surface area (Å²) in [6.07, 6.45) is 1.34. The molecule has 0 aliphatic heterocycles. The highest BCUT2D eigenvalue weighted by Crippen LogP contribution is 2.31. The molecular weight excluding hydrogens is 456 g/mol. The fraction of sp³-hybridized carbons (Fsp3) is 0.211. The van der Waals surface area contributed by atoms with Gasteiger partial charge in [0, 0.05) is 4.88 Å². The molecule has 1 amide bonds. The summed E-state index contributed by atoms with van der Waals surface area (Å²) in [6.45, 7) is 3.82. The Kier molecular flexibility index (Phi) is 6.20. The summed E-state index contributed by atoms with van der Waals surface area (Å²) in [5.41, 5.74) is 3.96. The van der Waals surface area contributed by atoms with Crippen LogP contribution in [0.5, 0.6) is 5.75 Å². The molecule has 1 aromatic carbocycles. The first-order valence-corrected chi connectivity index (χ1v) is 11.7. The number of fused-ring (bicyclic) bond motifs is 1. The van der Waals surface area contributed by atoms with Gasteiger partial charge in [0.1, 0.15) is 16.9 Å². The number of ether oxygens (including phenoxy) is 1. The molecule has 4 rings (SSSR count). The van der Waals surface area contributed by atoms with Crippen molar-refractivity contribution < 1.29 is 9.53 Å². The Labute approximate surface area is 189 Å². The number of amides is 1. The molecule has 160 valence electrons. The van der Waals surface area contributed by atoms with E-state index in [2.05, 4.69) is 25.9 Å². The number of carbonyl (C=O) groups excluding carboxylic acids is 1. The third-order valence-electron chi connectivity index (χ3n) is 4.42. The Balaban J connectivity index is 1.39. The van der Waals surface area contributed by atoms with Gasteiger partial charge in [0.05, 0.1) is 23.9 Å². The predicted molar refractivity (Wildman–Crippen MR) is 125 cm³/mol. The monoisotopic (exact) mass is 474 g/mol. The van der Waals surface area contributed by atoms with E-state index >= 15 is 0 Å². The van der Waals surface area contributed by atoms with Gasteiger partial charge in [-0.2, -0.15) is 0 Å². The smallest absolute Gasteiger partial charge is 0.281 e. The van der Waals surface area contributed by atoms with Crippen molar-refractivity contribution in [2.75, 3.05) is 23.6 Å². The topological polar surface area (TPSA) is 111 Å². The van der Waals surface area contributed by atoms with Gasteiger partial charge in [-0.3, -0.25) is 15.0 Å². The fourth-order valence-corrected chi connectivity index (χ4v) is 5.33. The van der Waals surface area contributed by atoms with Gasteiger partial charge in [0.15, 0.2) is 4.34 Å². The van der Waals surface area contributed by atoms with E-state index in [1.165, 1.54) is 40.8 Å². The van der Waals surface area contributed by atoms with Crippen molar-refractivity contribution in [2.45, 2.75) is 18.2 Å². The van der Waals surface area contributed by atoms with Gasteiger partial charge in [-0.05, 0) is 31.5 Å². The van der Waals surface area contributed by atoms with Crippen LogP contribution in [0.2, 0.25) is 0 Å². The molecule has 0 fully saturated rings. The first-order valence-electron chi connectivity index (χ1n) is 9.10. The number of rotatable bonds is 7. The third kappa shape index (κ3) is 4.55. The molecule has 12 heteroatoms. The van der Waals surface area contributed by atoms with Crippen molar-refractivity contribution in [3.05, 3.63) is 51.4 Å². The Morgan fingerprint density at radius 3 is 2.84 bits per heavy atom. The zero-order valence-electron chi connectivity index (χ0n) is 16.8. The van der Waals surface area contributed by atoms with Crippen LogP contribution in [0.4, 0.5) is 10.8 Å². The van der Waals surface area contributed by atoms with Crippen LogP contribution in [0, 0.1) is 13.8 Å². The SMILES string of the molecule is COc1ccccc1Nc1nnc(SCC(=O)Nn2cnc3sc(C)c(C)c3c2=O)s1. The maximum atomic E-state index is 12.7. The molecule has 2 N–H and O–H groups in total. The number of hydrogen-bond acceptors (Lipinski definition) is 10. The second-order valence-electron chi connectivity index (χ2n) is 6.41. The van der Waals surface area contributed by atoms with E-state index in [9.17, 15) is 9.59 Å². The lowest BCUT2D eigenvalue weighted by molar-refractivity contribution is -0.114. The molecule has 0 bridgehead atoms. The van der Waals surface area contributed by atoms with E-state index < -0.39 is 0 Å². The molecule has 0 spiro atoms. The van der Waals surface area contributed by atoms with Crippen molar-refractivity contribution in [2.24, 2.45) is 0 Å². The van der Waals surface area contributed by atoms with Gasteiger partial charge in [-0.25, -0.2) is 9.66 Å². The number of carbonyl (C=O) groups is 1. The molecule has 3 aromatic heterocycles. The van der Waals surface area contributed by atoms with Crippen LogP contribution in [0.3, 0.4) is 0 Å². The Morgan fingerprint density at radius 1 is 1.23 bits per heavy atom. The van der Waals surface area contributed by atoms with E-state index in [1.807, 2.05) is 38.1 Å². The normalized spacial score (nSPS) is 10.9. The molecule has 0 radical (unpaired) electrons. The van der Waals surface area contributed by atoms with E-state index in [0.717, 1.165) is 20.8 Å². The van der Waals surface area contributed by atoms with Crippen LogP contribution in [0.1, 0.15) is 10.4 Å². The average molecular weight is 475 g/mol. The van der Waals surface area contributed by atoms with Gasteiger partial charge < -0.3 is 10.1 Å². The summed E-state index contributed by atoms with van der Waals surface area (Å²) in [6, 6.07) is 7.48. The number of methoxy groups -OCH3 is 1. The van der Waals surface area contributed by atoms with E-state index in [-0.39, 0.29) is 17.2 Å². The maximum Gasteiger partial charge on any atom is 0.281 e. The first kappa shape index (κ1) is 21.3. The quantitative estimate of drug-likeness (QED) is 0.391. The van der Waals surface area contributed by atoms with Crippen LogP contribution >= 0.6 is 34.4 Å². The number of thiophene rings is 1. The van der Waals surface area contributed by atoms with Gasteiger partial charge in [-0.15, -0.1) is 21.5 Å². The summed E-state index contributed by atoms with van der Waals surface area (Å²) in [7, 11) is 1.60. The van der Waals surface area contributed by atoms with Gasteiger partial charge in [-0.1, -0.05) is 35.2 Å². The zero-order valence-corrected chi connectivity index (χ0v) is 19.3. The largest absolute Gasteiger partial charge is 0.495 e. The van der Waals surface area contributed by atoms with E-state index in [1.54, 1.807) is 7.11 Å². The molecule has 0 unspecified atom stereocenters. The number of para-hydroxylation sites is 2. The third-order valence-corrected chi connectivity index (χ3v) is 7.50. The number of thioether (sulfide) groups is 1. The summed E-state index contributed by atoms with van der Waals surface area (Å²) < 4.78 is 7.06. The molecule has 0 atom stereocenters. The molecule has 3 heterocycles. The number of anilines is 2. The predicted octanol–water partition coefficient (Wildman–Crippen LogP) is 3.54. The van der Waals surface area contributed by atoms with Gasteiger partial charge in [0.2, 0.25) is 11.0 Å². The first-order chi connectivity index (χ1) is 15.0. The Hall–Kier alpha value is -2.96. The molecule has 9 nitrogen and oxygen atoms in total. The summed E-state index contributed by atoms with van der Waals surface area (Å²) in [4.78, 5) is 31.0. The molecule has 0 aliphatic rings. The summed E-state index contributed by atoms with van der Waals surface area (Å²) in [5.74, 6) is 0.431. The average Bonchev–Trinajstić information content (AvgIpc) is 3.33. The van der Waals surface area contributed by atoms with Crippen molar-refractivity contribution in [1.29, 1.82) is 0 Å². The van der Waals surface area contributed by atoms with Crippen molar-refractivity contribution >= 4 is 61.4 Å². The highest BCUT2D eigenvalue weighted by molar-refractivity contribution is 8.01. The highest BCUT2D eigenvalue weighted by Gasteiger charge is 2.14. The van der Waals surface area contributed by atoms with Crippen LogP contribution in [0.15, 0.2) is 39.7 Å². The van der Waals surface area contributed by atoms with Crippen LogP contribution in [-0.4, -0.2) is 38.6 Å². The molecular formula is C19H18N6O3S3. The number of nitrogens with one attached hydrogen (secondary N) is 2. The highest BCUT2D eigenvalue weighted by atomic mass is 32.2. The number of nitrogens with zero attached hydrogens (tertiary/aromatic N) is 4.